The number of aryl methyl sites for hydroxylation is 1. The molecule has 0 radical (unpaired) electrons. The van der Waals surface area contributed by atoms with Crippen LogP contribution in [0, 0.1) is 6.92 Å². The number of nitrogens with zero attached hydrogens (tertiary/aromatic N) is 2. The minimum absolute atomic E-state index is 0.00608. The average Bonchev–Trinajstić information content (AvgIpc) is 3.14. The summed E-state index contributed by atoms with van der Waals surface area (Å²) in [5, 5.41) is 8.44. The zero-order valence-corrected chi connectivity index (χ0v) is 14.5. The van der Waals surface area contributed by atoms with Crippen molar-refractivity contribution in [3.63, 3.8) is 0 Å². The van der Waals surface area contributed by atoms with Crippen LogP contribution in [0.4, 0.5) is 0 Å². The molecule has 0 saturated carbocycles. The Morgan fingerprint density at radius 3 is 2.80 bits per heavy atom. The molecule has 3 atom stereocenters. The molecule has 0 aliphatic carbocycles. The summed E-state index contributed by atoms with van der Waals surface area (Å²) in [5.74, 6) is 0.119. The summed E-state index contributed by atoms with van der Waals surface area (Å²) in [7, 11) is 0. The van der Waals surface area contributed by atoms with Gasteiger partial charge < -0.3 is 15.2 Å². The van der Waals surface area contributed by atoms with Crippen LogP contribution in [0.1, 0.15) is 47.4 Å². The Kier molecular flexibility index (Phi) is 5.28. The van der Waals surface area contributed by atoms with Crippen LogP contribution in [-0.2, 0) is 4.74 Å². The Bertz CT molecular complexity index is 727. The highest BCUT2D eigenvalue weighted by molar-refractivity contribution is 5.93. The molecule has 6 nitrogen and oxygen atoms in total. The summed E-state index contributed by atoms with van der Waals surface area (Å²) in [6.45, 7) is 4.70. The summed E-state index contributed by atoms with van der Waals surface area (Å²) in [4.78, 5) is 11.4. The van der Waals surface area contributed by atoms with Crippen LogP contribution >= 0.6 is 0 Å². The predicted octanol–water partition coefficient (Wildman–Crippen LogP) is 2.61. The molecule has 1 unspecified atom stereocenters. The molecule has 2 heterocycles. The first-order valence-electron chi connectivity index (χ1n) is 8.53. The van der Waals surface area contributed by atoms with E-state index < -0.39 is 5.91 Å². The molecule has 0 spiro atoms. The molecule has 25 heavy (non-hydrogen) atoms. The minimum Gasteiger partial charge on any atom is -0.487 e. The van der Waals surface area contributed by atoms with Crippen molar-refractivity contribution >= 4 is 5.91 Å². The maximum atomic E-state index is 11.4. The van der Waals surface area contributed by atoms with Crippen molar-refractivity contribution in [2.75, 3.05) is 6.61 Å². The van der Waals surface area contributed by atoms with Crippen LogP contribution in [0.25, 0.3) is 0 Å². The highest BCUT2D eigenvalue weighted by Crippen LogP contribution is 2.30. The van der Waals surface area contributed by atoms with E-state index >= 15 is 0 Å². The molecular formula is C19H23N3O3. The van der Waals surface area contributed by atoms with Crippen molar-refractivity contribution in [3.05, 3.63) is 53.3 Å². The molecule has 6 heteroatoms. The van der Waals surface area contributed by atoms with Crippen LogP contribution in [-0.4, -0.2) is 34.9 Å². The Morgan fingerprint density at radius 1 is 1.32 bits per heavy atom. The number of primary amides is 1. The van der Waals surface area contributed by atoms with E-state index in [0.717, 1.165) is 30.8 Å². The largest absolute Gasteiger partial charge is 0.487 e. The number of carbonyl (C=O) groups is 1. The first kappa shape index (κ1) is 17.4. The maximum Gasteiger partial charge on any atom is 0.248 e. The van der Waals surface area contributed by atoms with Crippen molar-refractivity contribution in [1.29, 1.82) is 0 Å². The number of nitrogens with two attached hydrogens (primary N) is 1. The van der Waals surface area contributed by atoms with E-state index in [2.05, 4.69) is 17.1 Å². The van der Waals surface area contributed by atoms with Crippen LogP contribution < -0.4 is 10.5 Å². The number of rotatable bonds is 6. The lowest BCUT2D eigenvalue weighted by Gasteiger charge is -2.29. The minimum atomic E-state index is -0.475. The summed E-state index contributed by atoms with van der Waals surface area (Å²) in [6.07, 6.45) is 1.71. The zero-order valence-electron chi connectivity index (χ0n) is 14.5. The maximum absolute atomic E-state index is 11.4. The smallest absolute Gasteiger partial charge is 0.248 e. The number of benzene rings is 1. The van der Waals surface area contributed by atoms with Gasteiger partial charge in [-0.15, -0.1) is 0 Å². The second-order valence-electron chi connectivity index (χ2n) is 6.41. The van der Waals surface area contributed by atoms with Gasteiger partial charge in [0.1, 0.15) is 11.9 Å². The van der Waals surface area contributed by atoms with Crippen LogP contribution in [0.3, 0.4) is 0 Å². The summed E-state index contributed by atoms with van der Waals surface area (Å²) in [6, 6.07) is 10.8. The third kappa shape index (κ3) is 4.14. The van der Waals surface area contributed by atoms with E-state index in [1.165, 1.54) is 0 Å². The van der Waals surface area contributed by atoms with Gasteiger partial charge in [-0.2, -0.15) is 10.2 Å². The summed E-state index contributed by atoms with van der Waals surface area (Å²) < 4.78 is 12.1. The highest BCUT2D eigenvalue weighted by Gasteiger charge is 2.34. The zero-order chi connectivity index (χ0) is 17.8. The Balaban J connectivity index is 1.85. The number of carbonyl (C=O) groups excluding carboxylic acids is 1. The standard InChI is InChI=1S/C19H23N3O3/c1-12-8-9-16(22-21-12)13(2)18(17-7-4-10-24-17)25-15-6-3-5-14(11-15)19(20)23/h3,5-6,8-9,11,13,17-18H,4,7,10H2,1-2H3,(H2,20,23)/t13-,17+,18?/m1/s1. The van der Waals surface area contributed by atoms with E-state index in [1.807, 2.05) is 25.1 Å². The number of aromatic nitrogens is 2. The quantitative estimate of drug-likeness (QED) is 0.872. The normalized spacial score (nSPS) is 19.4. The molecule has 1 aromatic heterocycles. The van der Waals surface area contributed by atoms with Gasteiger partial charge in [-0.05, 0) is 50.1 Å². The number of ether oxygens (including phenoxy) is 2. The van der Waals surface area contributed by atoms with Crippen molar-refractivity contribution in [2.24, 2.45) is 5.73 Å². The molecule has 1 aliphatic rings. The SMILES string of the molecule is Cc1ccc([C@@H](C)C(Oc2cccc(C(N)=O)c2)[C@@H]2CCCO2)nn1. The molecule has 132 valence electrons. The van der Waals surface area contributed by atoms with E-state index in [1.54, 1.807) is 18.2 Å². The van der Waals surface area contributed by atoms with Gasteiger partial charge in [0.25, 0.3) is 0 Å². The van der Waals surface area contributed by atoms with Gasteiger partial charge in [0.05, 0.1) is 17.5 Å². The van der Waals surface area contributed by atoms with E-state index in [9.17, 15) is 4.79 Å². The van der Waals surface area contributed by atoms with Crippen LogP contribution in [0.15, 0.2) is 36.4 Å². The molecule has 2 N–H and O–H groups in total. The second-order valence-corrected chi connectivity index (χ2v) is 6.41. The second kappa shape index (κ2) is 7.61. The molecule has 1 aliphatic heterocycles. The van der Waals surface area contributed by atoms with Gasteiger partial charge in [-0.3, -0.25) is 4.79 Å². The topological polar surface area (TPSA) is 87.3 Å². The van der Waals surface area contributed by atoms with Crippen molar-refractivity contribution in [3.8, 4) is 5.75 Å². The molecule has 1 saturated heterocycles. The molecule has 0 bridgehead atoms. The fraction of sp³-hybridized carbons (Fsp3) is 0.421. The van der Waals surface area contributed by atoms with Crippen LogP contribution in [0.5, 0.6) is 5.75 Å². The number of hydrogen-bond acceptors (Lipinski definition) is 5. The van der Waals surface area contributed by atoms with E-state index in [0.29, 0.717) is 11.3 Å². The molecule has 1 aromatic carbocycles. The van der Waals surface area contributed by atoms with Gasteiger partial charge in [-0.1, -0.05) is 13.0 Å². The lowest BCUT2D eigenvalue weighted by atomic mass is 9.94. The Labute approximate surface area is 147 Å². The predicted molar refractivity (Wildman–Crippen MR) is 93.5 cm³/mol. The summed E-state index contributed by atoms with van der Waals surface area (Å²) >= 11 is 0. The fourth-order valence-electron chi connectivity index (χ4n) is 3.06. The van der Waals surface area contributed by atoms with Gasteiger partial charge in [0.15, 0.2) is 0 Å². The first-order chi connectivity index (χ1) is 12.0. The summed E-state index contributed by atoms with van der Waals surface area (Å²) in [5.41, 5.74) is 7.52. The van der Waals surface area contributed by atoms with Gasteiger partial charge >= 0.3 is 0 Å². The third-order valence-corrected chi connectivity index (χ3v) is 4.50. The lowest BCUT2D eigenvalue weighted by molar-refractivity contribution is 0.000823. The van der Waals surface area contributed by atoms with E-state index in [-0.39, 0.29) is 18.1 Å². The number of hydrogen-bond donors (Lipinski definition) is 1. The average molecular weight is 341 g/mol. The third-order valence-electron chi connectivity index (χ3n) is 4.50. The van der Waals surface area contributed by atoms with Gasteiger partial charge in [0, 0.05) is 18.1 Å². The lowest BCUT2D eigenvalue weighted by Crippen LogP contribution is -2.36. The van der Waals surface area contributed by atoms with E-state index in [4.69, 9.17) is 15.2 Å². The highest BCUT2D eigenvalue weighted by atomic mass is 16.5. The molecule has 3 rings (SSSR count). The fourth-order valence-corrected chi connectivity index (χ4v) is 3.06. The first-order valence-corrected chi connectivity index (χ1v) is 8.53. The van der Waals surface area contributed by atoms with Crippen molar-refractivity contribution in [1.82, 2.24) is 10.2 Å². The monoisotopic (exact) mass is 341 g/mol. The van der Waals surface area contributed by atoms with Crippen molar-refractivity contribution in [2.45, 2.75) is 44.8 Å². The van der Waals surface area contributed by atoms with Crippen molar-refractivity contribution < 1.29 is 14.3 Å². The molecule has 2 aromatic rings. The molecule has 1 fully saturated rings. The van der Waals surface area contributed by atoms with Gasteiger partial charge in [0.2, 0.25) is 5.91 Å². The molecular weight excluding hydrogens is 318 g/mol. The van der Waals surface area contributed by atoms with Gasteiger partial charge in [-0.25, -0.2) is 0 Å². The number of amides is 1. The van der Waals surface area contributed by atoms with Crippen LogP contribution in [0.2, 0.25) is 0 Å². The Morgan fingerprint density at radius 2 is 2.16 bits per heavy atom. The molecule has 1 amide bonds. The Hall–Kier alpha value is -2.47.